The van der Waals surface area contributed by atoms with Crippen LogP contribution in [0.3, 0.4) is 0 Å². The normalized spacial score (nSPS) is 8.75. The maximum atomic E-state index is 10.4. The maximum absolute atomic E-state index is 10.4. The van der Waals surface area contributed by atoms with Gasteiger partial charge >= 0.3 is 5.97 Å². The van der Waals surface area contributed by atoms with E-state index in [-0.39, 0.29) is 21.8 Å². The third kappa shape index (κ3) is 2.11. The molecule has 0 spiro atoms. The molecule has 66 valence electrons. The first-order valence-electron chi connectivity index (χ1n) is 2.83. The predicted octanol–water partition coefficient (Wildman–Crippen LogP) is 0.919. The van der Waals surface area contributed by atoms with Crippen molar-refractivity contribution < 1.29 is 20.5 Å². The van der Waals surface area contributed by atoms with Crippen LogP contribution in [0.25, 0.3) is 0 Å². The van der Waals surface area contributed by atoms with E-state index in [2.05, 4.69) is 0 Å². The summed E-state index contributed by atoms with van der Waals surface area (Å²) in [6.45, 7) is 0. The average Bonchev–Trinajstić information content (AvgIpc) is 1.85. The molecule has 0 saturated carbocycles. The van der Waals surface area contributed by atoms with E-state index >= 15 is 0 Å². The number of carboxylic acids is 1. The number of aromatic carboxylic acids is 1. The summed E-state index contributed by atoms with van der Waals surface area (Å²) in [5.41, 5.74) is -0.00975. The smallest absolute Gasteiger partial charge is 0.337 e. The van der Waals surface area contributed by atoms with E-state index < -0.39 is 5.97 Å². The second-order valence-corrected chi connectivity index (χ2v) is 2.38. The molecular formula is C7H7ClO4. The van der Waals surface area contributed by atoms with Crippen molar-refractivity contribution >= 4 is 17.6 Å². The number of phenolic OH excluding ortho intramolecular Hbond substituents is 1. The van der Waals surface area contributed by atoms with Gasteiger partial charge in [0.15, 0.2) is 0 Å². The van der Waals surface area contributed by atoms with Gasteiger partial charge in [0.25, 0.3) is 0 Å². The zero-order chi connectivity index (χ0) is 8.43. The summed E-state index contributed by atoms with van der Waals surface area (Å²) in [6.07, 6.45) is 0. The minimum absolute atomic E-state index is 0. The molecule has 0 aromatic heterocycles. The summed E-state index contributed by atoms with van der Waals surface area (Å²) in [5, 5.41) is 17.4. The molecule has 0 fully saturated rings. The van der Waals surface area contributed by atoms with E-state index in [0.29, 0.717) is 0 Å². The van der Waals surface area contributed by atoms with E-state index in [0.717, 1.165) is 0 Å². The Labute approximate surface area is 73.3 Å². The van der Waals surface area contributed by atoms with Crippen LogP contribution in [0.2, 0.25) is 5.02 Å². The molecular weight excluding hydrogens is 184 g/mol. The highest BCUT2D eigenvalue weighted by atomic mass is 35.5. The van der Waals surface area contributed by atoms with Crippen LogP contribution >= 0.6 is 11.6 Å². The average molecular weight is 191 g/mol. The Bertz CT molecular complexity index is 297. The SMILES string of the molecule is O.O=C(O)c1ccc(O)cc1Cl. The van der Waals surface area contributed by atoms with Gasteiger partial charge in [0.1, 0.15) is 5.75 Å². The zero-order valence-electron chi connectivity index (χ0n) is 5.91. The van der Waals surface area contributed by atoms with Crippen molar-refractivity contribution in [2.75, 3.05) is 0 Å². The fraction of sp³-hybridized carbons (Fsp3) is 0. The number of hydrogen-bond donors (Lipinski definition) is 2. The van der Waals surface area contributed by atoms with E-state index in [4.69, 9.17) is 21.8 Å². The number of rotatable bonds is 1. The van der Waals surface area contributed by atoms with Crippen LogP contribution < -0.4 is 0 Å². The molecule has 0 bridgehead atoms. The molecule has 0 heterocycles. The summed E-state index contributed by atoms with van der Waals surface area (Å²) >= 11 is 5.48. The monoisotopic (exact) mass is 190 g/mol. The van der Waals surface area contributed by atoms with Crippen LogP contribution in [0.15, 0.2) is 18.2 Å². The zero-order valence-corrected chi connectivity index (χ0v) is 6.67. The van der Waals surface area contributed by atoms with Crippen LogP contribution in [-0.4, -0.2) is 21.7 Å². The number of carboxylic acid groups (broad SMARTS) is 1. The highest BCUT2D eigenvalue weighted by molar-refractivity contribution is 6.33. The largest absolute Gasteiger partial charge is 0.508 e. The Morgan fingerprint density at radius 3 is 2.42 bits per heavy atom. The van der Waals surface area contributed by atoms with Crippen LogP contribution in [0.1, 0.15) is 10.4 Å². The predicted molar refractivity (Wildman–Crippen MR) is 43.7 cm³/mol. The third-order valence-electron chi connectivity index (χ3n) is 1.18. The topological polar surface area (TPSA) is 89.0 Å². The van der Waals surface area contributed by atoms with Crippen molar-refractivity contribution in [1.82, 2.24) is 0 Å². The number of halogens is 1. The number of aromatic hydroxyl groups is 1. The van der Waals surface area contributed by atoms with Gasteiger partial charge in [0, 0.05) is 0 Å². The summed E-state index contributed by atoms with van der Waals surface area (Å²) in [4.78, 5) is 10.4. The van der Waals surface area contributed by atoms with Crippen molar-refractivity contribution in [3.05, 3.63) is 28.8 Å². The summed E-state index contributed by atoms with van der Waals surface area (Å²) < 4.78 is 0. The molecule has 0 aliphatic heterocycles. The molecule has 1 aromatic carbocycles. The lowest BCUT2D eigenvalue weighted by atomic mass is 10.2. The molecule has 0 radical (unpaired) electrons. The van der Waals surface area contributed by atoms with E-state index in [1.54, 1.807) is 0 Å². The molecule has 4 N–H and O–H groups in total. The van der Waals surface area contributed by atoms with E-state index in [9.17, 15) is 4.79 Å². The third-order valence-corrected chi connectivity index (χ3v) is 1.50. The van der Waals surface area contributed by atoms with Crippen LogP contribution in [0.4, 0.5) is 0 Å². The molecule has 0 unspecified atom stereocenters. The fourth-order valence-electron chi connectivity index (χ4n) is 0.677. The first-order chi connectivity index (χ1) is 5.11. The Kier molecular flexibility index (Phi) is 3.53. The number of carbonyl (C=O) groups is 1. The molecule has 0 saturated heterocycles. The van der Waals surface area contributed by atoms with E-state index in [1.807, 2.05) is 0 Å². The van der Waals surface area contributed by atoms with Crippen molar-refractivity contribution in [2.45, 2.75) is 0 Å². The van der Waals surface area contributed by atoms with E-state index in [1.165, 1.54) is 18.2 Å². The first kappa shape index (κ1) is 10.7. The maximum Gasteiger partial charge on any atom is 0.337 e. The highest BCUT2D eigenvalue weighted by Crippen LogP contribution is 2.20. The molecule has 1 rings (SSSR count). The molecule has 0 aliphatic rings. The molecule has 0 amide bonds. The minimum Gasteiger partial charge on any atom is -0.508 e. The number of hydrogen-bond acceptors (Lipinski definition) is 2. The van der Waals surface area contributed by atoms with Gasteiger partial charge in [-0.25, -0.2) is 4.79 Å². The van der Waals surface area contributed by atoms with Crippen LogP contribution in [-0.2, 0) is 0 Å². The number of benzene rings is 1. The molecule has 5 heteroatoms. The van der Waals surface area contributed by atoms with Gasteiger partial charge in [0.2, 0.25) is 0 Å². The molecule has 1 aromatic rings. The van der Waals surface area contributed by atoms with Crippen molar-refractivity contribution in [3.8, 4) is 5.75 Å². The van der Waals surface area contributed by atoms with Gasteiger partial charge in [0.05, 0.1) is 10.6 Å². The highest BCUT2D eigenvalue weighted by Gasteiger charge is 2.07. The van der Waals surface area contributed by atoms with Crippen molar-refractivity contribution in [2.24, 2.45) is 0 Å². The Hall–Kier alpha value is -1.26. The van der Waals surface area contributed by atoms with Gasteiger partial charge in [-0.2, -0.15) is 0 Å². The molecule has 12 heavy (non-hydrogen) atoms. The first-order valence-corrected chi connectivity index (χ1v) is 3.21. The summed E-state index contributed by atoms with van der Waals surface area (Å²) in [5.74, 6) is -1.14. The van der Waals surface area contributed by atoms with Crippen molar-refractivity contribution in [3.63, 3.8) is 0 Å². The second-order valence-electron chi connectivity index (χ2n) is 1.97. The molecule has 0 atom stereocenters. The Morgan fingerprint density at radius 1 is 1.42 bits per heavy atom. The molecule has 4 nitrogen and oxygen atoms in total. The lowest BCUT2D eigenvalue weighted by molar-refractivity contribution is 0.0697. The second kappa shape index (κ2) is 3.94. The lowest BCUT2D eigenvalue weighted by Gasteiger charge is -1.97. The lowest BCUT2D eigenvalue weighted by Crippen LogP contribution is -1.96. The van der Waals surface area contributed by atoms with Crippen LogP contribution in [0.5, 0.6) is 5.75 Å². The fourth-order valence-corrected chi connectivity index (χ4v) is 0.933. The quantitative estimate of drug-likeness (QED) is 0.690. The van der Waals surface area contributed by atoms with Gasteiger partial charge in [-0.1, -0.05) is 11.6 Å². The van der Waals surface area contributed by atoms with Gasteiger partial charge in [-0.05, 0) is 18.2 Å². The van der Waals surface area contributed by atoms with Gasteiger partial charge in [-0.3, -0.25) is 0 Å². The Balaban J connectivity index is 0.00000121. The minimum atomic E-state index is -1.10. The van der Waals surface area contributed by atoms with Crippen molar-refractivity contribution in [1.29, 1.82) is 0 Å². The van der Waals surface area contributed by atoms with Gasteiger partial charge < -0.3 is 15.7 Å². The molecule has 0 aliphatic carbocycles. The Morgan fingerprint density at radius 2 is 2.00 bits per heavy atom. The summed E-state index contributed by atoms with van der Waals surface area (Å²) in [7, 11) is 0. The standard InChI is InChI=1S/C7H5ClO3.H2O/c8-6-3-4(9)1-2-5(6)7(10)11;/h1-3,9H,(H,10,11);1H2. The van der Waals surface area contributed by atoms with Gasteiger partial charge in [-0.15, -0.1) is 0 Å². The number of phenols is 1. The summed E-state index contributed by atoms with van der Waals surface area (Å²) in [6, 6.07) is 3.71. The van der Waals surface area contributed by atoms with Crippen LogP contribution in [0, 0.1) is 0 Å².